The highest BCUT2D eigenvalue weighted by molar-refractivity contribution is 7.99. The number of benzene rings is 1. The van der Waals surface area contributed by atoms with Crippen LogP contribution in [0.1, 0.15) is 47.0 Å². The molecule has 0 saturated carbocycles. The maximum atomic E-state index is 12.6. The number of esters is 1. The van der Waals surface area contributed by atoms with Crippen LogP contribution in [0.4, 0.5) is 5.00 Å². The SMILES string of the molecule is CCOc1ccc(-c2nnc(SCC(=O)Nc3sc4c(c3C(=O)OC)CCCCC4)o2)cc1. The third-order valence-corrected chi connectivity index (χ3v) is 7.23. The summed E-state index contributed by atoms with van der Waals surface area (Å²) in [5, 5.41) is 11.8. The van der Waals surface area contributed by atoms with Crippen molar-refractivity contribution >= 4 is 40.0 Å². The molecule has 0 aliphatic heterocycles. The number of nitrogens with one attached hydrogen (secondary N) is 1. The van der Waals surface area contributed by atoms with E-state index in [-0.39, 0.29) is 11.7 Å². The summed E-state index contributed by atoms with van der Waals surface area (Å²) in [6.07, 6.45) is 5.02. The van der Waals surface area contributed by atoms with Crippen LogP contribution >= 0.6 is 23.1 Å². The first kappa shape index (κ1) is 23.3. The predicted molar refractivity (Wildman–Crippen MR) is 127 cm³/mol. The number of amides is 1. The number of anilines is 1. The van der Waals surface area contributed by atoms with Crippen LogP contribution in [0.15, 0.2) is 33.9 Å². The van der Waals surface area contributed by atoms with E-state index in [9.17, 15) is 9.59 Å². The molecule has 0 radical (unpaired) electrons. The van der Waals surface area contributed by atoms with Gasteiger partial charge in [0.25, 0.3) is 5.22 Å². The number of ether oxygens (including phenoxy) is 2. The van der Waals surface area contributed by atoms with Gasteiger partial charge in [0.15, 0.2) is 0 Å². The average Bonchev–Trinajstić information content (AvgIpc) is 3.36. The minimum Gasteiger partial charge on any atom is -0.494 e. The van der Waals surface area contributed by atoms with Crippen LogP contribution in [-0.4, -0.2) is 41.5 Å². The number of thiophene rings is 1. The monoisotopic (exact) mass is 487 g/mol. The second kappa shape index (κ2) is 10.8. The lowest BCUT2D eigenvalue weighted by Crippen LogP contribution is -2.16. The fraction of sp³-hybridized carbons (Fsp3) is 0.391. The van der Waals surface area contributed by atoms with Gasteiger partial charge in [0.2, 0.25) is 11.8 Å². The van der Waals surface area contributed by atoms with E-state index in [1.165, 1.54) is 18.4 Å². The van der Waals surface area contributed by atoms with Crippen molar-refractivity contribution in [2.45, 2.75) is 44.3 Å². The van der Waals surface area contributed by atoms with Crippen LogP contribution in [0, 0.1) is 0 Å². The number of aryl methyl sites for hydroxylation is 1. The second-order valence-electron chi connectivity index (χ2n) is 7.43. The Morgan fingerprint density at radius 3 is 2.70 bits per heavy atom. The van der Waals surface area contributed by atoms with Crippen molar-refractivity contribution in [1.82, 2.24) is 10.2 Å². The summed E-state index contributed by atoms with van der Waals surface area (Å²) in [6.45, 7) is 2.52. The molecule has 10 heteroatoms. The Bertz CT molecular complexity index is 1120. The summed E-state index contributed by atoms with van der Waals surface area (Å²) < 4.78 is 16.1. The number of fused-ring (bicyclic) bond motifs is 1. The van der Waals surface area contributed by atoms with Crippen molar-refractivity contribution in [1.29, 1.82) is 0 Å². The van der Waals surface area contributed by atoms with Gasteiger partial charge in [0.1, 0.15) is 10.8 Å². The molecule has 1 aliphatic carbocycles. The lowest BCUT2D eigenvalue weighted by Gasteiger charge is -2.07. The molecular weight excluding hydrogens is 462 g/mol. The van der Waals surface area contributed by atoms with E-state index < -0.39 is 5.97 Å². The van der Waals surface area contributed by atoms with Crippen LogP contribution in [0.5, 0.6) is 5.75 Å². The lowest BCUT2D eigenvalue weighted by molar-refractivity contribution is -0.113. The number of carbonyl (C=O) groups is 2. The summed E-state index contributed by atoms with van der Waals surface area (Å²) in [5.41, 5.74) is 2.28. The summed E-state index contributed by atoms with van der Waals surface area (Å²) in [4.78, 5) is 26.2. The predicted octanol–water partition coefficient (Wildman–Crippen LogP) is 4.98. The van der Waals surface area contributed by atoms with E-state index in [2.05, 4.69) is 15.5 Å². The van der Waals surface area contributed by atoms with Crippen molar-refractivity contribution in [2.75, 3.05) is 24.8 Å². The molecule has 1 amide bonds. The molecule has 2 heterocycles. The zero-order valence-electron chi connectivity index (χ0n) is 18.5. The summed E-state index contributed by atoms with van der Waals surface area (Å²) >= 11 is 2.62. The fourth-order valence-corrected chi connectivity index (χ4v) is 5.54. The van der Waals surface area contributed by atoms with E-state index >= 15 is 0 Å². The van der Waals surface area contributed by atoms with E-state index in [0.29, 0.717) is 28.3 Å². The number of aromatic nitrogens is 2. The Kier molecular flexibility index (Phi) is 7.66. The third-order valence-electron chi connectivity index (χ3n) is 5.21. The molecule has 3 aromatic rings. The third kappa shape index (κ3) is 5.56. The van der Waals surface area contributed by atoms with Gasteiger partial charge in [0, 0.05) is 10.4 Å². The number of hydrogen-bond acceptors (Lipinski definition) is 9. The van der Waals surface area contributed by atoms with Crippen LogP contribution in [0.25, 0.3) is 11.5 Å². The number of methoxy groups -OCH3 is 1. The van der Waals surface area contributed by atoms with Crippen LogP contribution < -0.4 is 10.1 Å². The molecule has 4 rings (SSSR count). The molecule has 0 unspecified atom stereocenters. The minimum atomic E-state index is -0.408. The van der Waals surface area contributed by atoms with Gasteiger partial charge in [-0.05, 0) is 62.4 Å². The largest absolute Gasteiger partial charge is 0.494 e. The maximum Gasteiger partial charge on any atom is 0.341 e. The molecule has 174 valence electrons. The van der Waals surface area contributed by atoms with Crippen molar-refractivity contribution in [3.05, 3.63) is 40.3 Å². The molecule has 0 saturated heterocycles. The molecule has 0 atom stereocenters. The molecule has 8 nitrogen and oxygen atoms in total. The van der Waals surface area contributed by atoms with Gasteiger partial charge in [-0.25, -0.2) is 4.79 Å². The first-order chi connectivity index (χ1) is 16.1. The molecule has 0 fully saturated rings. The number of thioether (sulfide) groups is 1. The van der Waals surface area contributed by atoms with Crippen LogP contribution in [0.2, 0.25) is 0 Å². The van der Waals surface area contributed by atoms with Gasteiger partial charge >= 0.3 is 5.97 Å². The van der Waals surface area contributed by atoms with Gasteiger partial charge in [0.05, 0.1) is 25.0 Å². The van der Waals surface area contributed by atoms with Crippen molar-refractivity contribution in [3.8, 4) is 17.2 Å². The summed E-state index contributed by atoms with van der Waals surface area (Å²) in [5.74, 6) is 0.561. The Hall–Kier alpha value is -2.85. The molecular formula is C23H25N3O5S2. The number of nitrogens with zero attached hydrogens (tertiary/aromatic N) is 2. The molecule has 1 aromatic carbocycles. The Labute approximate surface area is 200 Å². The highest BCUT2D eigenvalue weighted by atomic mass is 32.2. The smallest absolute Gasteiger partial charge is 0.341 e. The zero-order chi connectivity index (χ0) is 23.2. The second-order valence-corrected chi connectivity index (χ2v) is 9.46. The standard InChI is InChI=1S/C23H25N3O5S2/c1-3-30-15-11-9-14(10-12-15)20-25-26-23(31-20)32-13-18(27)24-21-19(22(28)29-2)16-7-5-4-6-8-17(16)33-21/h9-12H,3-8,13H2,1-2H3,(H,24,27). The van der Waals surface area contributed by atoms with Gasteiger partial charge in [-0.15, -0.1) is 21.5 Å². The van der Waals surface area contributed by atoms with E-state index in [1.54, 1.807) is 0 Å². The van der Waals surface area contributed by atoms with E-state index in [4.69, 9.17) is 13.9 Å². The number of hydrogen-bond donors (Lipinski definition) is 1. The van der Waals surface area contributed by atoms with Crippen molar-refractivity contribution < 1.29 is 23.5 Å². The van der Waals surface area contributed by atoms with Gasteiger partial charge in [-0.2, -0.15) is 0 Å². The molecule has 33 heavy (non-hydrogen) atoms. The quantitative estimate of drug-likeness (QED) is 0.269. The number of carbonyl (C=O) groups excluding carboxylic acids is 2. The first-order valence-corrected chi connectivity index (χ1v) is 12.6. The van der Waals surface area contributed by atoms with Crippen molar-refractivity contribution in [2.24, 2.45) is 0 Å². The van der Waals surface area contributed by atoms with Gasteiger partial charge in [-0.3, -0.25) is 4.79 Å². The van der Waals surface area contributed by atoms with E-state index in [0.717, 1.165) is 65.6 Å². The van der Waals surface area contributed by atoms with Gasteiger partial charge in [-0.1, -0.05) is 18.2 Å². The summed E-state index contributed by atoms with van der Waals surface area (Å²) in [6, 6.07) is 7.36. The topological polar surface area (TPSA) is 104 Å². The fourth-order valence-electron chi connectivity index (χ4n) is 3.68. The van der Waals surface area contributed by atoms with Gasteiger partial charge < -0.3 is 19.2 Å². The normalized spacial score (nSPS) is 13.2. The minimum absolute atomic E-state index is 0.0775. The maximum absolute atomic E-state index is 12.6. The Balaban J connectivity index is 1.40. The zero-order valence-corrected chi connectivity index (χ0v) is 20.1. The highest BCUT2D eigenvalue weighted by Gasteiger charge is 2.26. The molecule has 2 aromatic heterocycles. The Morgan fingerprint density at radius 2 is 1.94 bits per heavy atom. The summed E-state index contributed by atoms with van der Waals surface area (Å²) in [7, 11) is 1.36. The average molecular weight is 488 g/mol. The Morgan fingerprint density at radius 1 is 1.15 bits per heavy atom. The van der Waals surface area contributed by atoms with Crippen LogP contribution in [-0.2, 0) is 22.4 Å². The molecule has 1 aliphatic rings. The van der Waals surface area contributed by atoms with Crippen molar-refractivity contribution in [3.63, 3.8) is 0 Å². The molecule has 1 N–H and O–H groups in total. The molecule has 0 bridgehead atoms. The number of rotatable bonds is 8. The first-order valence-electron chi connectivity index (χ1n) is 10.8. The van der Waals surface area contributed by atoms with Crippen LogP contribution in [0.3, 0.4) is 0 Å². The molecule has 0 spiro atoms. The highest BCUT2D eigenvalue weighted by Crippen LogP contribution is 2.38. The van der Waals surface area contributed by atoms with E-state index in [1.807, 2.05) is 31.2 Å². The lowest BCUT2D eigenvalue weighted by atomic mass is 10.1.